The number of benzene rings is 1. The lowest BCUT2D eigenvalue weighted by molar-refractivity contribution is -0.115. The van der Waals surface area contributed by atoms with Crippen LogP contribution in [0.15, 0.2) is 21.7 Å². The van der Waals surface area contributed by atoms with Crippen LogP contribution in [0.3, 0.4) is 0 Å². The number of rotatable bonds is 4. The van der Waals surface area contributed by atoms with Crippen LogP contribution >= 0.6 is 11.3 Å². The Bertz CT molecular complexity index is 1390. The molecule has 0 aliphatic rings. The Labute approximate surface area is 167 Å². The van der Waals surface area contributed by atoms with Gasteiger partial charge in [0.05, 0.1) is 29.4 Å². The number of H-pyrrole nitrogens is 1. The molecule has 0 bridgehead atoms. The van der Waals surface area contributed by atoms with Gasteiger partial charge in [0.25, 0.3) is 5.56 Å². The first-order valence-electron chi connectivity index (χ1n) is 8.68. The number of nitrogens with zero attached hydrogens (tertiary/aromatic N) is 4. The maximum Gasteiger partial charge on any atom is 0.332 e. The summed E-state index contributed by atoms with van der Waals surface area (Å²) in [5.74, 6) is 0.363. The molecule has 0 aliphatic carbocycles. The largest absolute Gasteiger partial charge is 0.496 e. The second kappa shape index (κ2) is 6.85. The summed E-state index contributed by atoms with van der Waals surface area (Å²) in [5.41, 5.74) is 1.29. The maximum absolute atomic E-state index is 12.5. The van der Waals surface area contributed by atoms with Crippen LogP contribution in [-0.4, -0.2) is 37.3 Å². The van der Waals surface area contributed by atoms with E-state index in [2.05, 4.69) is 20.5 Å². The van der Waals surface area contributed by atoms with Crippen molar-refractivity contribution in [2.24, 2.45) is 14.1 Å². The molecule has 3 aromatic heterocycles. The highest BCUT2D eigenvalue weighted by Crippen LogP contribution is 2.31. The highest BCUT2D eigenvalue weighted by atomic mass is 32.1. The van der Waals surface area contributed by atoms with E-state index in [-0.39, 0.29) is 29.1 Å². The molecule has 0 saturated carbocycles. The van der Waals surface area contributed by atoms with Gasteiger partial charge in [-0.05, 0) is 18.6 Å². The van der Waals surface area contributed by atoms with Gasteiger partial charge in [0.15, 0.2) is 5.13 Å². The van der Waals surface area contributed by atoms with E-state index < -0.39 is 11.2 Å². The summed E-state index contributed by atoms with van der Waals surface area (Å²) < 4.78 is 8.50. The van der Waals surface area contributed by atoms with Gasteiger partial charge < -0.3 is 10.1 Å². The Morgan fingerprint density at radius 2 is 2.03 bits per heavy atom. The van der Waals surface area contributed by atoms with E-state index in [1.54, 1.807) is 7.11 Å². The molecule has 0 saturated heterocycles. The van der Waals surface area contributed by atoms with Gasteiger partial charge >= 0.3 is 5.69 Å². The first-order valence-corrected chi connectivity index (χ1v) is 9.49. The summed E-state index contributed by atoms with van der Waals surface area (Å²) in [5, 5.41) is 10.1. The van der Waals surface area contributed by atoms with E-state index in [1.807, 2.05) is 19.1 Å². The number of nitrogens with one attached hydrogen (secondary N) is 2. The van der Waals surface area contributed by atoms with E-state index >= 15 is 0 Å². The Hall–Kier alpha value is -3.47. The van der Waals surface area contributed by atoms with Crippen molar-refractivity contribution in [1.82, 2.24) is 24.3 Å². The number of hydrogen-bond donors (Lipinski definition) is 2. The van der Waals surface area contributed by atoms with Crippen molar-refractivity contribution < 1.29 is 9.53 Å². The number of carbonyl (C=O) groups excluding carboxylic acids is 1. The van der Waals surface area contributed by atoms with Crippen molar-refractivity contribution in [3.05, 3.63) is 44.2 Å². The molecule has 0 aliphatic heterocycles. The molecular weight excluding hydrogens is 396 g/mol. The van der Waals surface area contributed by atoms with E-state index in [4.69, 9.17) is 4.74 Å². The number of fused-ring (bicyclic) bond motifs is 2. The molecule has 1 aromatic carbocycles. The van der Waals surface area contributed by atoms with Crippen molar-refractivity contribution >= 4 is 43.6 Å². The normalized spacial score (nSPS) is 11.3. The van der Waals surface area contributed by atoms with Gasteiger partial charge in [0, 0.05) is 20.2 Å². The van der Waals surface area contributed by atoms with Gasteiger partial charge in [-0.2, -0.15) is 5.10 Å². The van der Waals surface area contributed by atoms with Gasteiger partial charge in [-0.25, -0.2) is 9.78 Å². The minimum absolute atomic E-state index is 0.133. The third-order valence-electron chi connectivity index (χ3n) is 4.73. The fourth-order valence-corrected chi connectivity index (χ4v) is 4.15. The molecule has 0 radical (unpaired) electrons. The molecule has 3 heterocycles. The lowest BCUT2D eigenvalue weighted by atomic mass is 10.2. The molecule has 29 heavy (non-hydrogen) atoms. The molecule has 10 nitrogen and oxygen atoms in total. The Morgan fingerprint density at radius 1 is 1.28 bits per heavy atom. The van der Waals surface area contributed by atoms with Crippen molar-refractivity contribution in [2.45, 2.75) is 13.3 Å². The van der Waals surface area contributed by atoms with Crippen molar-refractivity contribution in [3.63, 3.8) is 0 Å². The van der Waals surface area contributed by atoms with E-state index in [0.717, 1.165) is 26.1 Å². The number of aromatic amines is 1. The number of anilines is 1. The molecule has 0 unspecified atom stereocenters. The number of thiazole rings is 1. The molecule has 150 valence electrons. The van der Waals surface area contributed by atoms with Gasteiger partial charge in [-0.15, -0.1) is 0 Å². The Balaban J connectivity index is 1.63. The first-order chi connectivity index (χ1) is 13.8. The predicted octanol–water partition coefficient (Wildman–Crippen LogP) is 1.07. The zero-order valence-electron chi connectivity index (χ0n) is 16.2. The standard InChI is InChI=1S/C18H18N6O4S/c1-8-5-12-9(6-11(8)28-4)19-17(29-12)20-13(25)7-10-14-15(22-21-10)23(2)18(27)24(3)16(14)26/h5-6H,7H2,1-4H3,(H,21,22)(H,19,20,25). The van der Waals surface area contributed by atoms with E-state index in [9.17, 15) is 14.4 Å². The van der Waals surface area contributed by atoms with Gasteiger partial charge in [0.2, 0.25) is 5.91 Å². The number of carbonyl (C=O) groups is 1. The molecule has 0 fully saturated rings. The van der Waals surface area contributed by atoms with Crippen LogP contribution in [-0.2, 0) is 25.3 Å². The van der Waals surface area contributed by atoms with Crippen LogP contribution in [0.2, 0.25) is 0 Å². The van der Waals surface area contributed by atoms with Crippen LogP contribution in [0.1, 0.15) is 11.3 Å². The van der Waals surface area contributed by atoms with Crippen molar-refractivity contribution in [3.8, 4) is 5.75 Å². The van der Waals surface area contributed by atoms with Gasteiger partial charge in [-0.1, -0.05) is 11.3 Å². The van der Waals surface area contributed by atoms with E-state index in [0.29, 0.717) is 5.13 Å². The zero-order chi connectivity index (χ0) is 20.9. The molecule has 11 heteroatoms. The number of amides is 1. The first kappa shape index (κ1) is 18.9. The number of aromatic nitrogens is 5. The van der Waals surface area contributed by atoms with Crippen molar-refractivity contribution in [1.29, 1.82) is 0 Å². The smallest absolute Gasteiger partial charge is 0.332 e. The molecule has 4 aromatic rings. The number of hydrogen-bond acceptors (Lipinski definition) is 7. The lowest BCUT2D eigenvalue weighted by Gasteiger charge is -2.03. The molecule has 1 amide bonds. The third kappa shape index (κ3) is 3.09. The molecule has 4 rings (SSSR count). The highest BCUT2D eigenvalue weighted by Gasteiger charge is 2.19. The Morgan fingerprint density at radius 3 is 2.76 bits per heavy atom. The van der Waals surface area contributed by atoms with Crippen LogP contribution in [0.5, 0.6) is 5.75 Å². The SMILES string of the molecule is COc1cc2nc(NC(=O)Cc3n[nH]c4c3c(=O)n(C)c(=O)n4C)sc2cc1C. The maximum atomic E-state index is 12.5. The quantitative estimate of drug-likeness (QED) is 0.515. The molecule has 0 spiro atoms. The van der Waals surface area contributed by atoms with Crippen LogP contribution in [0, 0.1) is 6.92 Å². The monoisotopic (exact) mass is 414 g/mol. The minimum Gasteiger partial charge on any atom is -0.496 e. The fraction of sp³-hybridized carbons (Fsp3) is 0.278. The summed E-state index contributed by atoms with van der Waals surface area (Å²) in [6, 6.07) is 3.77. The van der Waals surface area contributed by atoms with Gasteiger partial charge in [-0.3, -0.25) is 23.8 Å². The minimum atomic E-state index is -0.498. The second-order valence-electron chi connectivity index (χ2n) is 6.63. The van der Waals surface area contributed by atoms with Crippen LogP contribution in [0.4, 0.5) is 5.13 Å². The van der Waals surface area contributed by atoms with E-state index in [1.165, 1.54) is 30.0 Å². The van der Waals surface area contributed by atoms with Crippen molar-refractivity contribution in [2.75, 3.05) is 12.4 Å². The molecule has 2 N–H and O–H groups in total. The van der Waals surface area contributed by atoms with Crippen LogP contribution in [0.25, 0.3) is 21.3 Å². The topological polar surface area (TPSA) is 124 Å². The summed E-state index contributed by atoms with van der Waals surface area (Å²) in [7, 11) is 4.51. The van der Waals surface area contributed by atoms with Gasteiger partial charge in [0.1, 0.15) is 16.8 Å². The lowest BCUT2D eigenvalue weighted by Crippen LogP contribution is -2.37. The highest BCUT2D eigenvalue weighted by molar-refractivity contribution is 7.22. The molecule has 0 atom stereocenters. The summed E-state index contributed by atoms with van der Waals surface area (Å²) in [4.78, 5) is 41.4. The average Bonchev–Trinajstić information content (AvgIpc) is 3.27. The Kier molecular flexibility index (Phi) is 4.46. The number of ether oxygens (including phenoxy) is 1. The summed E-state index contributed by atoms with van der Waals surface area (Å²) >= 11 is 1.35. The zero-order valence-corrected chi connectivity index (χ0v) is 17.0. The average molecular weight is 414 g/mol. The summed E-state index contributed by atoms with van der Waals surface area (Å²) in [6.45, 7) is 1.94. The predicted molar refractivity (Wildman–Crippen MR) is 110 cm³/mol. The third-order valence-corrected chi connectivity index (χ3v) is 5.66. The fourth-order valence-electron chi connectivity index (χ4n) is 3.18. The summed E-state index contributed by atoms with van der Waals surface area (Å²) in [6.07, 6.45) is -0.133. The molecular formula is C18H18N6O4S. The van der Waals surface area contributed by atoms with Crippen LogP contribution < -0.4 is 21.3 Å². The second-order valence-corrected chi connectivity index (χ2v) is 7.66. The number of methoxy groups -OCH3 is 1. The number of aryl methyl sites for hydroxylation is 2.